The summed E-state index contributed by atoms with van der Waals surface area (Å²) in [6, 6.07) is 0.170. The third-order valence-corrected chi connectivity index (χ3v) is 4.00. The van der Waals surface area contributed by atoms with E-state index < -0.39 is 0 Å². The summed E-state index contributed by atoms with van der Waals surface area (Å²) < 4.78 is 10.3. The second kappa shape index (κ2) is 8.19. The molecule has 7 nitrogen and oxygen atoms in total. The van der Waals surface area contributed by atoms with Crippen LogP contribution in [0.25, 0.3) is 0 Å². The Morgan fingerprint density at radius 2 is 1.95 bits per heavy atom. The smallest absolute Gasteiger partial charge is 0.409 e. The zero-order valence-corrected chi connectivity index (χ0v) is 12.7. The first-order valence-electron chi connectivity index (χ1n) is 7.81. The van der Waals surface area contributed by atoms with Crippen molar-refractivity contribution in [2.24, 2.45) is 0 Å². The van der Waals surface area contributed by atoms with Crippen molar-refractivity contribution in [3.63, 3.8) is 0 Å². The molecule has 0 unspecified atom stereocenters. The largest absolute Gasteiger partial charge is 0.450 e. The van der Waals surface area contributed by atoms with Crippen LogP contribution in [0, 0.1) is 0 Å². The Kier molecular flexibility index (Phi) is 6.25. The van der Waals surface area contributed by atoms with Crippen molar-refractivity contribution >= 4 is 12.0 Å². The van der Waals surface area contributed by atoms with Crippen molar-refractivity contribution < 1.29 is 24.0 Å². The topological polar surface area (TPSA) is 72.3 Å². The number of rotatable bonds is 4. The van der Waals surface area contributed by atoms with E-state index in [-0.39, 0.29) is 18.0 Å². The molecule has 7 heteroatoms. The minimum absolute atomic E-state index is 0.0986. The van der Waals surface area contributed by atoms with E-state index in [1.807, 2.05) is 0 Å². The van der Waals surface area contributed by atoms with Gasteiger partial charge in [0.1, 0.15) is 13.1 Å². The lowest BCUT2D eigenvalue weighted by atomic mass is 10.1. The molecule has 2 aliphatic rings. The van der Waals surface area contributed by atoms with E-state index in [1.165, 1.54) is 4.90 Å². The van der Waals surface area contributed by atoms with Crippen LogP contribution in [-0.4, -0.2) is 75.5 Å². The van der Waals surface area contributed by atoms with Crippen LogP contribution in [0.2, 0.25) is 0 Å². The number of quaternary nitrogens is 1. The van der Waals surface area contributed by atoms with Crippen LogP contribution in [0.15, 0.2) is 0 Å². The SMILES string of the molecule is CCOC(=O)N1CCC(NC(=O)C[NH+]2CCOCC2)CC1. The molecule has 0 aromatic carbocycles. The molecule has 2 heterocycles. The van der Waals surface area contributed by atoms with Gasteiger partial charge < -0.3 is 24.6 Å². The fourth-order valence-corrected chi connectivity index (χ4v) is 2.76. The van der Waals surface area contributed by atoms with Crippen molar-refractivity contribution in [3.8, 4) is 0 Å². The van der Waals surface area contributed by atoms with E-state index in [0.29, 0.717) is 26.2 Å². The molecule has 21 heavy (non-hydrogen) atoms. The average Bonchev–Trinajstić information content (AvgIpc) is 2.49. The normalized spacial score (nSPS) is 21.1. The number of hydrogen-bond acceptors (Lipinski definition) is 4. The highest BCUT2D eigenvalue weighted by Crippen LogP contribution is 2.11. The van der Waals surface area contributed by atoms with Gasteiger partial charge in [0.25, 0.3) is 5.91 Å². The van der Waals surface area contributed by atoms with Gasteiger partial charge in [-0.2, -0.15) is 0 Å². The van der Waals surface area contributed by atoms with Crippen LogP contribution in [0.4, 0.5) is 4.79 Å². The van der Waals surface area contributed by atoms with Crippen LogP contribution in [-0.2, 0) is 14.3 Å². The second-order valence-corrected chi connectivity index (χ2v) is 5.57. The number of hydrogen-bond donors (Lipinski definition) is 2. The van der Waals surface area contributed by atoms with Crippen molar-refractivity contribution in [2.75, 3.05) is 52.5 Å². The van der Waals surface area contributed by atoms with Crippen molar-refractivity contribution in [3.05, 3.63) is 0 Å². The summed E-state index contributed by atoms with van der Waals surface area (Å²) in [6.45, 7) is 7.28. The summed E-state index contributed by atoms with van der Waals surface area (Å²) in [5.41, 5.74) is 0. The molecule has 2 aliphatic heterocycles. The standard InChI is InChI=1S/C14H25N3O4/c1-2-21-14(19)17-5-3-12(4-6-17)15-13(18)11-16-7-9-20-10-8-16/h12H,2-11H2,1H3,(H,15,18)/p+1. The maximum atomic E-state index is 12.0. The first kappa shape index (κ1) is 16.0. The first-order valence-corrected chi connectivity index (χ1v) is 7.81. The minimum atomic E-state index is -0.250. The molecular formula is C14H26N3O4+. The zero-order chi connectivity index (χ0) is 15.1. The Morgan fingerprint density at radius 1 is 1.29 bits per heavy atom. The molecule has 0 saturated carbocycles. The number of nitrogens with zero attached hydrogens (tertiary/aromatic N) is 1. The van der Waals surface area contributed by atoms with Gasteiger partial charge >= 0.3 is 6.09 Å². The van der Waals surface area contributed by atoms with E-state index in [9.17, 15) is 9.59 Å². The number of piperidine rings is 1. The summed E-state index contributed by atoms with van der Waals surface area (Å²) in [7, 11) is 0. The lowest BCUT2D eigenvalue weighted by molar-refractivity contribution is -0.900. The van der Waals surface area contributed by atoms with Gasteiger partial charge in [0.05, 0.1) is 19.8 Å². The number of carbonyl (C=O) groups excluding carboxylic acids is 2. The van der Waals surface area contributed by atoms with Gasteiger partial charge in [-0.25, -0.2) is 4.79 Å². The number of nitrogens with one attached hydrogen (secondary N) is 2. The highest BCUT2D eigenvalue weighted by atomic mass is 16.6. The van der Waals surface area contributed by atoms with E-state index in [0.717, 1.165) is 39.1 Å². The maximum Gasteiger partial charge on any atom is 0.409 e. The molecule has 2 saturated heterocycles. The Bertz CT molecular complexity index is 350. The van der Waals surface area contributed by atoms with Gasteiger partial charge in [0.15, 0.2) is 6.54 Å². The van der Waals surface area contributed by atoms with E-state index in [1.54, 1.807) is 11.8 Å². The van der Waals surface area contributed by atoms with Crippen LogP contribution in [0.3, 0.4) is 0 Å². The third-order valence-electron chi connectivity index (χ3n) is 4.00. The Morgan fingerprint density at radius 3 is 2.57 bits per heavy atom. The van der Waals surface area contributed by atoms with Crippen molar-refractivity contribution in [2.45, 2.75) is 25.8 Å². The zero-order valence-electron chi connectivity index (χ0n) is 12.7. The lowest BCUT2D eigenvalue weighted by Crippen LogP contribution is -3.15. The number of carbonyl (C=O) groups is 2. The molecule has 0 aliphatic carbocycles. The molecular weight excluding hydrogens is 274 g/mol. The lowest BCUT2D eigenvalue weighted by Gasteiger charge is -2.32. The molecule has 2 N–H and O–H groups in total. The van der Waals surface area contributed by atoms with Crippen molar-refractivity contribution in [1.82, 2.24) is 10.2 Å². The Hall–Kier alpha value is -1.34. The first-order chi connectivity index (χ1) is 10.2. The molecule has 0 atom stereocenters. The van der Waals surface area contributed by atoms with Crippen molar-refractivity contribution in [1.29, 1.82) is 0 Å². The van der Waals surface area contributed by atoms with E-state index in [2.05, 4.69) is 5.32 Å². The molecule has 120 valence electrons. The summed E-state index contributed by atoms with van der Waals surface area (Å²) in [5.74, 6) is 0.0986. The van der Waals surface area contributed by atoms with Gasteiger partial charge in [0.2, 0.25) is 0 Å². The summed E-state index contributed by atoms with van der Waals surface area (Å²) in [4.78, 5) is 26.6. The molecule has 0 radical (unpaired) electrons. The van der Waals surface area contributed by atoms with Gasteiger partial charge in [-0.1, -0.05) is 0 Å². The Labute approximate surface area is 125 Å². The van der Waals surface area contributed by atoms with Gasteiger partial charge in [-0.05, 0) is 19.8 Å². The summed E-state index contributed by atoms with van der Waals surface area (Å²) in [6.07, 6.45) is 1.34. The summed E-state index contributed by atoms with van der Waals surface area (Å²) >= 11 is 0. The predicted octanol–water partition coefficient (Wildman–Crippen LogP) is -1.36. The van der Waals surface area contributed by atoms with Crippen LogP contribution in [0.1, 0.15) is 19.8 Å². The number of amides is 2. The third kappa shape index (κ3) is 5.17. The van der Waals surface area contributed by atoms with E-state index in [4.69, 9.17) is 9.47 Å². The molecule has 2 fully saturated rings. The monoisotopic (exact) mass is 300 g/mol. The highest BCUT2D eigenvalue weighted by molar-refractivity contribution is 5.77. The Balaban J connectivity index is 1.65. The van der Waals surface area contributed by atoms with Gasteiger partial charge in [0, 0.05) is 19.1 Å². The number of likely N-dealkylation sites (tertiary alicyclic amines) is 1. The summed E-state index contributed by atoms with van der Waals surface area (Å²) in [5, 5.41) is 3.08. The molecule has 2 rings (SSSR count). The number of morpholine rings is 1. The number of ether oxygens (including phenoxy) is 2. The predicted molar refractivity (Wildman–Crippen MR) is 76.1 cm³/mol. The average molecular weight is 300 g/mol. The maximum absolute atomic E-state index is 12.0. The molecule has 2 amide bonds. The van der Waals surface area contributed by atoms with E-state index >= 15 is 0 Å². The van der Waals surface area contributed by atoms with Gasteiger partial charge in [-0.3, -0.25) is 4.79 Å². The molecule has 0 aromatic heterocycles. The quantitative estimate of drug-likeness (QED) is 0.673. The highest BCUT2D eigenvalue weighted by Gasteiger charge is 2.26. The van der Waals surface area contributed by atoms with Crippen LogP contribution in [0.5, 0.6) is 0 Å². The van der Waals surface area contributed by atoms with Gasteiger partial charge in [-0.15, -0.1) is 0 Å². The van der Waals surface area contributed by atoms with Crippen LogP contribution < -0.4 is 10.2 Å². The van der Waals surface area contributed by atoms with Crippen LogP contribution >= 0.6 is 0 Å². The molecule has 0 spiro atoms. The fraction of sp³-hybridized carbons (Fsp3) is 0.857. The minimum Gasteiger partial charge on any atom is -0.450 e. The fourth-order valence-electron chi connectivity index (χ4n) is 2.76. The molecule has 0 bridgehead atoms. The second-order valence-electron chi connectivity index (χ2n) is 5.57. The molecule has 0 aromatic rings.